The van der Waals surface area contributed by atoms with E-state index in [1.54, 1.807) is 6.07 Å². The SMILES string of the molecule is Cc1ccc(Sc2cccc(F)c2N)cc1. The van der Waals surface area contributed by atoms with Crippen molar-refractivity contribution >= 4 is 17.4 Å². The summed E-state index contributed by atoms with van der Waals surface area (Å²) >= 11 is 1.47. The molecule has 2 N–H and O–H groups in total. The molecule has 0 saturated heterocycles. The van der Waals surface area contributed by atoms with Crippen molar-refractivity contribution in [3.63, 3.8) is 0 Å². The van der Waals surface area contributed by atoms with E-state index in [1.807, 2.05) is 37.3 Å². The van der Waals surface area contributed by atoms with Crippen molar-refractivity contribution < 1.29 is 4.39 Å². The molecule has 0 spiro atoms. The lowest BCUT2D eigenvalue weighted by atomic mass is 10.2. The third kappa shape index (κ3) is 2.36. The van der Waals surface area contributed by atoms with Crippen LogP contribution in [0.4, 0.5) is 10.1 Å². The molecule has 16 heavy (non-hydrogen) atoms. The number of hydrogen-bond donors (Lipinski definition) is 1. The minimum absolute atomic E-state index is 0.216. The number of benzene rings is 2. The van der Waals surface area contributed by atoms with Gasteiger partial charge in [-0.25, -0.2) is 4.39 Å². The van der Waals surface area contributed by atoms with E-state index in [0.29, 0.717) is 0 Å². The Hall–Kier alpha value is -1.48. The average molecular weight is 233 g/mol. The van der Waals surface area contributed by atoms with E-state index in [9.17, 15) is 4.39 Å². The molecule has 1 nitrogen and oxygen atoms in total. The van der Waals surface area contributed by atoms with Gasteiger partial charge >= 0.3 is 0 Å². The van der Waals surface area contributed by atoms with Crippen molar-refractivity contribution in [2.75, 3.05) is 5.73 Å². The van der Waals surface area contributed by atoms with E-state index in [-0.39, 0.29) is 11.5 Å². The van der Waals surface area contributed by atoms with Crippen LogP contribution >= 0.6 is 11.8 Å². The fourth-order valence-corrected chi connectivity index (χ4v) is 2.22. The standard InChI is InChI=1S/C13H12FNS/c1-9-5-7-10(8-6-9)16-12-4-2-3-11(14)13(12)15/h2-8H,15H2,1H3. The largest absolute Gasteiger partial charge is 0.395 e. The molecule has 0 aromatic heterocycles. The zero-order valence-electron chi connectivity index (χ0n) is 8.91. The van der Waals surface area contributed by atoms with Crippen LogP contribution in [0.25, 0.3) is 0 Å². The smallest absolute Gasteiger partial charge is 0.147 e. The Labute approximate surface area is 98.5 Å². The van der Waals surface area contributed by atoms with Gasteiger partial charge in [-0.1, -0.05) is 35.5 Å². The molecule has 0 amide bonds. The fraction of sp³-hybridized carbons (Fsp3) is 0.0769. The Morgan fingerprint density at radius 2 is 1.75 bits per heavy atom. The third-order valence-electron chi connectivity index (χ3n) is 2.26. The molecule has 0 saturated carbocycles. The predicted octanol–water partition coefficient (Wildman–Crippen LogP) is 3.87. The van der Waals surface area contributed by atoms with Crippen molar-refractivity contribution in [1.82, 2.24) is 0 Å². The van der Waals surface area contributed by atoms with Gasteiger partial charge in [-0.3, -0.25) is 0 Å². The van der Waals surface area contributed by atoms with Gasteiger partial charge in [-0.2, -0.15) is 0 Å². The number of halogens is 1. The number of nitrogen functional groups attached to an aromatic ring is 1. The number of hydrogen-bond acceptors (Lipinski definition) is 2. The Morgan fingerprint density at radius 3 is 2.44 bits per heavy atom. The highest BCUT2D eigenvalue weighted by atomic mass is 32.2. The maximum absolute atomic E-state index is 13.2. The molecule has 0 bridgehead atoms. The molecule has 0 fully saturated rings. The van der Waals surface area contributed by atoms with Crippen LogP contribution in [0.15, 0.2) is 52.3 Å². The molecule has 0 heterocycles. The number of anilines is 1. The predicted molar refractivity (Wildman–Crippen MR) is 66.1 cm³/mol. The van der Waals surface area contributed by atoms with Crippen molar-refractivity contribution in [3.05, 3.63) is 53.8 Å². The van der Waals surface area contributed by atoms with Crippen molar-refractivity contribution in [2.45, 2.75) is 16.7 Å². The Bertz CT molecular complexity index is 494. The highest BCUT2D eigenvalue weighted by Crippen LogP contribution is 2.33. The fourth-order valence-electron chi connectivity index (χ4n) is 1.34. The van der Waals surface area contributed by atoms with Gasteiger partial charge in [0.2, 0.25) is 0 Å². The van der Waals surface area contributed by atoms with Crippen LogP contribution in [0, 0.1) is 12.7 Å². The zero-order chi connectivity index (χ0) is 11.5. The number of para-hydroxylation sites is 1. The van der Waals surface area contributed by atoms with Crippen LogP contribution in [0.3, 0.4) is 0 Å². The second kappa shape index (κ2) is 4.58. The van der Waals surface area contributed by atoms with Gasteiger partial charge in [0, 0.05) is 9.79 Å². The Kier molecular flexibility index (Phi) is 3.15. The first kappa shape index (κ1) is 11.0. The first-order chi connectivity index (χ1) is 7.66. The van der Waals surface area contributed by atoms with Gasteiger partial charge in [0.25, 0.3) is 0 Å². The van der Waals surface area contributed by atoms with Gasteiger partial charge in [0.15, 0.2) is 0 Å². The lowest BCUT2D eigenvalue weighted by Crippen LogP contribution is -1.92. The number of rotatable bonds is 2. The van der Waals surface area contributed by atoms with E-state index in [4.69, 9.17) is 5.73 Å². The maximum Gasteiger partial charge on any atom is 0.147 e. The maximum atomic E-state index is 13.2. The van der Waals surface area contributed by atoms with Gasteiger partial charge in [0.05, 0.1) is 5.69 Å². The Morgan fingerprint density at radius 1 is 1.06 bits per heavy atom. The highest BCUT2D eigenvalue weighted by molar-refractivity contribution is 7.99. The summed E-state index contributed by atoms with van der Waals surface area (Å²) in [6.45, 7) is 2.03. The summed E-state index contributed by atoms with van der Waals surface area (Å²) in [6, 6.07) is 12.9. The van der Waals surface area contributed by atoms with Crippen LogP contribution in [-0.2, 0) is 0 Å². The van der Waals surface area contributed by atoms with Gasteiger partial charge < -0.3 is 5.73 Å². The van der Waals surface area contributed by atoms with Crippen LogP contribution in [0.2, 0.25) is 0 Å². The molecular weight excluding hydrogens is 221 g/mol. The van der Waals surface area contributed by atoms with Crippen LogP contribution in [0.5, 0.6) is 0 Å². The Balaban J connectivity index is 2.27. The average Bonchev–Trinajstić information content (AvgIpc) is 2.28. The second-order valence-corrected chi connectivity index (χ2v) is 4.68. The molecule has 2 rings (SSSR count). The van der Waals surface area contributed by atoms with Gasteiger partial charge in [-0.15, -0.1) is 0 Å². The summed E-state index contributed by atoms with van der Waals surface area (Å²) < 4.78 is 13.2. The molecule has 3 heteroatoms. The summed E-state index contributed by atoms with van der Waals surface area (Å²) in [5.74, 6) is -0.364. The molecule has 0 unspecified atom stereocenters. The minimum Gasteiger partial charge on any atom is -0.395 e. The lowest BCUT2D eigenvalue weighted by Gasteiger charge is -2.06. The molecule has 82 valence electrons. The summed E-state index contributed by atoms with van der Waals surface area (Å²) in [5.41, 5.74) is 7.09. The van der Waals surface area contributed by atoms with E-state index >= 15 is 0 Å². The monoisotopic (exact) mass is 233 g/mol. The van der Waals surface area contributed by atoms with Crippen LogP contribution in [-0.4, -0.2) is 0 Å². The normalized spacial score (nSPS) is 10.4. The van der Waals surface area contributed by atoms with E-state index in [0.717, 1.165) is 9.79 Å². The first-order valence-corrected chi connectivity index (χ1v) is 5.77. The molecule has 0 radical (unpaired) electrons. The van der Waals surface area contributed by atoms with Crippen molar-refractivity contribution in [1.29, 1.82) is 0 Å². The molecular formula is C13H12FNS. The van der Waals surface area contributed by atoms with Crippen molar-refractivity contribution in [2.24, 2.45) is 0 Å². The van der Waals surface area contributed by atoms with E-state index < -0.39 is 0 Å². The molecule has 0 aliphatic heterocycles. The highest BCUT2D eigenvalue weighted by Gasteiger charge is 2.05. The van der Waals surface area contributed by atoms with E-state index in [2.05, 4.69) is 0 Å². The van der Waals surface area contributed by atoms with Gasteiger partial charge in [0.1, 0.15) is 5.82 Å². The van der Waals surface area contributed by atoms with Crippen molar-refractivity contribution in [3.8, 4) is 0 Å². The quantitative estimate of drug-likeness (QED) is 0.797. The zero-order valence-corrected chi connectivity index (χ0v) is 9.72. The lowest BCUT2D eigenvalue weighted by molar-refractivity contribution is 0.629. The topological polar surface area (TPSA) is 26.0 Å². The third-order valence-corrected chi connectivity index (χ3v) is 3.35. The molecule has 2 aromatic carbocycles. The number of aryl methyl sites for hydroxylation is 1. The molecule has 0 aliphatic carbocycles. The molecule has 2 aromatic rings. The van der Waals surface area contributed by atoms with Crippen LogP contribution in [0.1, 0.15) is 5.56 Å². The second-order valence-electron chi connectivity index (χ2n) is 3.57. The summed E-state index contributed by atoms with van der Waals surface area (Å²) in [6.07, 6.45) is 0. The number of nitrogens with two attached hydrogens (primary N) is 1. The van der Waals surface area contributed by atoms with Crippen LogP contribution < -0.4 is 5.73 Å². The first-order valence-electron chi connectivity index (χ1n) is 4.95. The summed E-state index contributed by atoms with van der Waals surface area (Å²) in [5, 5.41) is 0. The van der Waals surface area contributed by atoms with E-state index in [1.165, 1.54) is 23.4 Å². The minimum atomic E-state index is -0.364. The molecule has 0 atom stereocenters. The molecule has 0 aliphatic rings. The summed E-state index contributed by atoms with van der Waals surface area (Å²) in [4.78, 5) is 1.81. The summed E-state index contributed by atoms with van der Waals surface area (Å²) in [7, 11) is 0. The van der Waals surface area contributed by atoms with Gasteiger partial charge in [-0.05, 0) is 31.2 Å².